The van der Waals surface area contributed by atoms with E-state index in [0.717, 1.165) is 22.6 Å². The second-order valence-electron chi connectivity index (χ2n) is 12.4. The summed E-state index contributed by atoms with van der Waals surface area (Å²) in [5.74, 6) is 0.872. The van der Waals surface area contributed by atoms with Crippen LogP contribution in [-0.4, -0.2) is 10.4 Å². The number of amidine groups is 1. The van der Waals surface area contributed by atoms with E-state index in [1.54, 1.807) is 0 Å². The van der Waals surface area contributed by atoms with Crippen LogP contribution in [-0.2, 0) is 0 Å². The molecule has 0 bridgehead atoms. The third kappa shape index (κ3) is 4.22. The third-order valence-corrected chi connectivity index (χ3v) is 10.8. The van der Waals surface area contributed by atoms with Crippen molar-refractivity contribution in [2.24, 2.45) is 4.99 Å². The van der Waals surface area contributed by atoms with Crippen LogP contribution in [0.3, 0.4) is 0 Å². The number of thiophene rings is 1. The maximum Gasteiger partial charge on any atom is 0.131 e. The van der Waals surface area contributed by atoms with Gasteiger partial charge in [-0.1, -0.05) is 133 Å². The monoisotopic (exact) mass is 634 g/mol. The van der Waals surface area contributed by atoms with Crippen LogP contribution in [0.15, 0.2) is 163 Å². The number of fused-ring (bicyclic) bond motifs is 10. The molecule has 0 fully saturated rings. The molecule has 0 radical (unpaired) electrons. The number of nitrogens with one attached hydrogen (secondary N) is 2. The molecule has 2 atom stereocenters. The molecule has 48 heavy (non-hydrogen) atoms. The van der Waals surface area contributed by atoms with E-state index in [-0.39, 0.29) is 12.3 Å². The Kier molecular flexibility index (Phi) is 6.22. The highest BCUT2D eigenvalue weighted by Gasteiger charge is 2.26. The SMILES string of the molecule is c1ccc(C2N=C(c3cccc(-n4c5ccccc5c5c6ccccc6c6c7ccccc7sc6c54)c3)NC(c3ccccc3)N2)cc1. The first kappa shape index (κ1) is 27.4. The van der Waals surface area contributed by atoms with E-state index in [2.05, 4.69) is 173 Å². The van der Waals surface area contributed by atoms with E-state index < -0.39 is 0 Å². The Morgan fingerprint density at radius 1 is 0.562 bits per heavy atom. The quantitative estimate of drug-likeness (QED) is 0.202. The fraction of sp³-hybridized carbons (Fsp3) is 0.0465. The number of benzene rings is 7. The van der Waals surface area contributed by atoms with E-state index in [4.69, 9.17) is 4.99 Å². The van der Waals surface area contributed by atoms with Gasteiger partial charge in [-0.3, -0.25) is 5.32 Å². The third-order valence-electron chi connectivity index (χ3n) is 9.64. The van der Waals surface area contributed by atoms with Crippen molar-refractivity contribution in [3.8, 4) is 5.69 Å². The molecule has 10 rings (SSSR count). The molecule has 9 aromatic rings. The van der Waals surface area contributed by atoms with Gasteiger partial charge in [0.2, 0.25) is 0 Å². The highest BCUT2D eigenvalue weighted by molar-refractivity contribution is 7.27. The second-order valence-corrected chi connectivity index (χ2v) is 13.5. The van der Waals surface area contributed by atoms with Gasteiger partial charge in [-0.15, -0.1) is 11.3 Å². The van der Waals surface area contributed by atoms with E-state index in [1.165, 1.54) is 58.3 Å². The van der Waals surface area contributed by atoms with E-state index in [9.17, 15) is 0 Å². The predicted molar refractivity (Wildman–Crippen MR) is 202 cm³/mol. The highest BCUT2D eigenvalue weighted by Crippen LogP contribution is 2.47. The number of rotatable bonds is 4. The summed E-state index contributed by atoms with van der Waals surface area (Å²) in [4.78, 5) is 5.25. The van der Waals surface area contributed by atoms with Crippen molar-refractivity contribution in [3.05, 3.63) is 174 Å². The van der Waals surface area contributed by atoms with Crippen LogP contribution in [0.5, 0.6) is 0 Å². The lowest BCUT2D eigenvalue weighted by Crippen LogP contribution is -2.44. The van der Waals surface area contributed by atoms with Gasteiger partial charge < -0.3 is 9.88 Å². The van der Waals surface area contributed by atoms with Crippen LogP contribution in [0.4, 0.5) is 0 Å². The normalized spacial score (nSPS) is 16.5. The second kappa shape index (κ2) is 10.9. The van der Waals surface area contributed by atoms with Gasteiger partial charge >= 0.3 is 0 Å². The van der Waals surface area contributed by atoms with Gasteiger partial charge in [0.25, 0.3) is 0 Å². The topological polar surface area (TPSA) is 41.4 Å². The molecule has 228 valence electrons. The molecule has 2 aromatic heterocycles. The Morgan fingerprint density at radius 3 is 2.00 bits per heavy atom. The molecular formula is C43H30N4S. The molecule has 4 nitrogen and oxygen atoms in total. The summed E-state index contributed by atoms with van der Waals surface area (Å²) < 4.78 is 5.10. The number of aromatic nitrogens is 1. The van der Waals surface area contributed by atoms with Gasteiger partial charge in [0, 0.05) is 37.5 Å². The smallest absolute Gasteiger partial charge is 0.131 e. The number of hydrogen-bond acceptors (Lipinski definition) is 4. The number of hydrogen-bond donors (Lipinski definition) is 2. The fourth-order valence-corrected chi connectivity index (χ4v) is 8.77. The van der Waals surface area contributed by atoms with E-state index >= 15 is 0 Å². The van der Waals surface area contributed by atoms with Crippen molar-refractivity contribution in [3.63, 3.8) is 0 Å². The lowest BCUT2D eigenvalue weighted by molar-refractivity contribution is 0.409. The summed E-state index contributed by atoms with van der Waals surface area (Å²) in [6.07, 6.45) is -0.278. The molecule has 0 saturated heterocycles. The van der Waals surface area contributed by atoms with Crippen molar-refractivity contribution < 1.29 is 0 Å². The van der Waals surface area contributed by atoms with Crippen molar-refractivity contribution >= 4 is 69.9 Å². The first-order valence-electron chi connectivity index (χ1n) is 16.4. The molecular weight excluding hydrogens is 605 g/mol. The Hall–Kier alpha value is -5.75. The van der Waals surface area contributed by atoms with Gasteiger partial charge in [0.1, 0.15) is 18.2 Å². The minimum Gasteiger partial charge on any atom is -0.350 e. The molecule has 0 saturated carbocycles. The lowest BCUT2D eigenvalue weighted by Gasteiger charge is -2.32. The maximum atomic E-state index is 5.25. The minimum absolute atomic E-state index is 0.0923. The predicted octanol–water partition coefficient (Wildman–Crippen LogP) is 10.6. The van der Waals surface area contributed by atoms with E-state index in [1.807, 2.05) is 11.3 Å². The number of aliphatic imine (C=N–C) groups is 1. The van der Waals surface area contributed by atoms with Crippen molar-refractivity contribution in [2.75, 3.05) is 0 Å². The number of nitrogens with zero attached hydrogens (tertiary/aromatic N) is 2. The van der Waals surface area contributed by atoms with E-state index in [0.29, 0.717) is 0 Å². The molecule has 3 heterocycles. The summed E-state index contributed by atoms with van der Waals surface area (Å²) in [5.41, 5.74) is 6.92. The Labute approximate surface area is 281 Å². The van der Waals surface area contributed by atoms with Crippen LogP contribution < -0.4 is 10.6 Å². The Morgan fingerprint density at radius 2 is 1.21 bits per heavy atom. The van der Waals surface area contributed by atoms with Crippen molar-refractivity contribution in [1.29, 1.82) is 0 Å². The minimum atomic E-state index is -0.186. The average Bonchev–Trinajstić information content (AvgIpc) is 3.73. The molecule has 2 N–H and O–H groups in total. The van der Waals surface area contributed by atoms with Crippen LogP contribution >= 0.6 is 11.3 Å². The Bertz CT molecular complexity index is 2690. The number of para-hydroxylation sites is 1. The molecule has 1 aliphatic heterocycles. The van der Waals surface area contributed by atoms with Gasteiger partial charge in [0.15, 0.2) is 0 Å². The maximum absolute atomic E-state index is 5.25. The average molecular weight is 635 g/mol. The zero-order valence-corrected chi connectivity index (χ0v) is 26.8. The largest absolute Gasteiger partial charge is 0.350 e. The molecule has 0 spiro atoms. The summed E-state index contributed by atoms with van der Waals surface area (Å²) in [6, 6.07) is 56.5. The summed E-state index contributed by atoms with van der Waals surface area (Å²) >= 11 is 1.89. The zero-order chi connectivity index (χ0) is 31.6. The molecule has 0 aliphatic carbocycles. The Balaban J connectivity index is 1.23. The first-order valence-corrected chi connectivity index (χ1v) is 17.2. The standard InChI is InChI=1S/C43H30N4S/c1-3-14-27(15-4-1)41-44-42(28-16-5-2-6-17-28)46-43(45-41)29-18-13-19-30(26-29)47-35-24-11-9-22-33(35)37-31-20-7-8-21-32(31)38-34-23-10-12-25-36(34)48-40(38)39(37)47/h1-26,41-42,44H,(H,45,46). The van der Waals surface area contributed by atoms with Crippen molar-refractivity contribution in [1.82, 2.24) is 15.2 Å². The summed E-state index contributed by atoms with van der Waals surface area (Å²) in [6.45, 7) is 0. The van der Waals surface area contributed by atoms with Crippen LogP contribution in [0, 0.1) is 0 Å². The molecule has 0 amide bonds. The molecule has 5 heteroatoms. The van der Waals surface area contributed by atoms with Crippen LogP contribution in [0.2, 0.25) is 0 Å². The molecule has 7 aromatic carbocycles. The van der Waals surface area contributed by atoms with Crippen molar-refractivity contribution in [2.45, 2.75) is 12.3 Å². The van der Waals surface area contributed by atoms with Gasteiger partial charge in [-0.2, -0.15) is 0 Å². The summed E-state index contributed by atoms with van der Waals surface area (Å²) in [5, 5.41) is 15.3. The lowest BCUT2D eigenvalue weighted by atomic mass is 9.99. The molecule has 1 aliphatic rings. The van der Waals surface area contributed by atoms with Gasteiger partial charge in [-0.25, -0.2) is 4.99 Å². The first-order chi connectivity index (χ1) is 23.8. The highest BCUT2D eigenvalue weighted by atomic mass is 32.1. The fourth-order valence-electron chi connectivity index (χ4n) is 7.52. The van der Waals surface area contributed by atoms with Gasteiger partial charge in [0.05, 0.1) is 15.7 Å². The van der Waals surface area contributed by atoms with Crippen LogP contribution in [0.1, 0.15) is 29.0 Å². The van der Waals surface area contributed by atoms with Gasteiger partial charge in [-0.05, 0) is 46.2 Å². The zero-order valence-electron chi connectivity index (χ0n) is 26.0. The summed E-state index contributed by atoms with van der Waals surface area (Å²) in [7, 11) is 0. The molecule has 2 unspecified atom stereocenters. The van der Waals surface area contributed by atoms with Crippen LogP contribution in [0.25, 0.3) is 58.4 Å².